The van der Waals surface area contributed by atoms with Gasteiger partial charge < -0.3 is 30.3 Å². The first-order chi connectivity index (χ1) is 6.21. The molecule has 12 heavy (non-hydrogen) atoms. The molecule has 0 radical (unpaired) electrons. The van der Waals surface area contributed by atoms with Crippen LogP contribution in [0.25, 0.3) is 0 Å². The molecule has 0 fully saturated rings. The number of hydrogen-bond donors (Lipinski definition) is 5. The summed E-state index contributed by atoms with van der Waals surface area (Å²) < 4.78 is 13.9. The van der Waals surface area contributed by atoms with E-state index in [2.05, 4.69) is 0 Å². The predicted octanol–water partition coefficient (Wildman–Crippen LogP) is -3.38. The third kappa shape index (κ3) is 2.84. The maximum absolute atomic E-state index is 10.0. The second kappa shape index (κ2) is 5.18. The lowest BCUT2D eigenvalue weighted by Crippen LogP contribution is -2.46. The van der Waals surface area contributed by atoms with E-state index in [9.17, 15) is 4.79 Å². The summed E-state index contributed by atoms with van der Waals surface area (Å²) >= 11 is 0. The van der Waals surface area contributed by atoms with Crippen molar-refractivity contribution >= 4 is 6.29 Å². The molecule has 0 aliphatic rings. The number of aldehydes is 1. The zero-order valence-electron chi connectivity index (χ0n) is 8.08. The van der Waals surface area contributed by atoms with E-state index in [1.54, 1.807) is 0 Å². The minimum absolute atomic E-state index is 0.267. The first-order valence-electron chi connectivity index (χ1n) is 4.08. The lowest BCUT2D eigenvalue weighted by molar-refractivity contribution is -0.136. The van der Waals surface area contributed by atoms with Crippen LogP contribution in [0.3, 0.4) is 0 Å². The number of carbonyl (C=O) groups excluding carboxylic acids is 1. The van der Waals surface area contributed by atoms with Crippen LogP contribution in [-0.4, -0.2) is 62.8 Å². The smallest absolute Gasteiger partial charge is 0.151 e. The quantitative estimate of drug-likeness (QED) is 0.284. The van der Waals surface area contributed by atoms with E-state index in [-0.39, 0.29) is 6.29 Å². The summed E-state index contributed by atoms with van der Waals surface area (Å²) in [5.41, 5.74) is 0. The topological polar surface area (TPSA) is 118 Å². The minimum atomic E-state index is -3.32. The Kier molecular flexibility index (Phi) is 3.49. The second-order valence-corrected chi connectivity index (χ2v) is 2.05. The Morgan fingerprint density at radius 3 is 2.08 bits per heavy atom. The standard InChI is InChI=1S/C6H12O6/c7-1-3(9)5(11)6(12)4(10)2-8/h1,3-6,8-12H,2H2/t3-,4-,5-,6-/m1/s1/i5T,6T. The van der Waals surface area contributed by atoms with Crippen molar-refractivity contribution in [1.82, 2.24) is 0 Å². The fraction of sp³-hybridized carbons (Fsp3) is 0.833. The normalized spacial score (nSPS) is 28.8. The van der Waals surface area contributed by atoms with E-state index < -0.39 is 31.0 Å². The molecule has 0 aromatic heterocycles. The lowest BCUT2D eigenvalue weighted by Gasteiger charge is -2.22. The van der Waals surface area contributed by atoms with E-state index >= 15 is 0 Å². The van der Waals surface area contributed by atoms with Crippen molar-refractivity contribution < 1.29 is 33.1 Å². The molecule has 72 valence electrons. The van der Waals surface area contributed by atoms with Crippen LogP contribution in [0.2, 0.25) is 0 Å². The summed E-state index contributed by atoms with van der Waals surface area (Å²) in [5, 5.41) is 44.3. The average Bonchev–Trinajstić information content (AvgIpc) is 2.14. The molecule has 0 aromatic carbocycles. The van der Waals surface area contributed by atoms with Crippen molar-refractivity contribution in [2.75, 3.05) is 6.61 Å². The van der Waals surface area contributed by atoms with Crippen LogP contribution in [-0.2, 0) is 4.79 Å². The average molecular weight is 184 g/mol. The van der Waals surface area contributed by atoms with Gasteiger partial charge in [0.05, 0.1) is 9.35 Å². The summed E-state index contributed by atoms with van der Waals surface area (Å²) in [6, 6.07) is 0. The molecule has 0 amide bonds. The maximum Gasteiger partial charge on any atom is 0.151 e. The number of rotatable bonds is 5. The van der Waals surface area contributed by atoms with Gasteiger partial charge in [-0.25, -0.2) is 0 Å². The fourth-order valence-corrected chi connectivity index (χ4v) is 0.473. The molecule has 6 heteroatoms. The van der Waals surface area contributed by atoms with Gasteiger partial charge in [-0.1, -0.05) is 0 Å². The van der Waals surface area contributed by atoms with Crippen LogP contribution in [0.5, 0.6) is 0 Å². The van der Waals surface area contributed by atoms with Gasteiger partial charge in [-0.3, -0.25) is 0 Å². The molecule has 4 atom stereocenters. The monoisotopic (exact) mass is 184 g/mol. The fourth-order valence-electron chi connectivity index (χ4n) is 0.473. The number of hydrogen-bond acceptors (Lipinski definition) is 6. The van der Waals surface area contributed by atoms with Crippen molar-refractivity contribution in [2.24, 2.45) is 0 Å². The number of aliphatic hydroxyl groups excluding tert-OH is 3. The summed E-state index contributed by atoms with van der Waals surface area (Å²) in [7, 11) is 0. The molecule has 0 unspecified atom stereocenters. The van der Waals surface area contributed by atoms with E-state index in [4.69, 9.17) is 28.3 Å². The van der Waals surface area contributed by atoms with E-state index in [1.807, 2.05) is 0 Å². The van der Waals surface area contributed by atoms with Gasteiger partial charge >= 0.3 is 0 Å². The van der Waals surface area contributed by atoms with Gasteiger partial charge in [0.1, 0.15) is 24.4 Å². The number of carbonyl (C=O) groups is 1. The highest BCUT2D eigenvalue weighted by Crippen LogP contribution is 2.02. The molecule has 0 saturated carbocycles. The van der Waals surface area contributed by atoms with Crippen LogP contribution < -0.4 is 0 Å². The van der Waals surface area contributed by atoms with Gasteiger partial charge in [-0.15, -0.1) is 0 Å². The third-order valence-electron chi connectivity index (χ3n) is 1.16. The Hall–Kier alpha value is -0.530. The minimum Gasteiger partial charge on any atom is -0.394 e. The van der Waals surface area contributed by atoms with Crippen LogP contribution in [0.15, 0.2) is 0 Å². The molecule has 0 aromatic rings. The lowest BCUT2D eigenvalue weighted by atomic mass is 10.0. The van der Waals surface area contributed by atoms with Gasteiger partial charge in [0.25, 0.3) is 0 Å². The predicted molar refractivity (Wildman–Crippen MR) is 37.2 cm³/mol. The van der Waals surface area contributed by atoms with E-state index in [0.717, 1.165) is 0 Å². The zero-order chi connectivity index (χ0) is 11.6. The molecule has 0 bridgehead atoms. The van der Waals surface area contributed by atoms with Crippen LogP contribution in [0.4, 0.5) is 0 Å². The van der Waals surface area contributed by atoms with Crippen LogP contribution in [0.1, 0.15) is 2.74 Å². The summed E-state index contributed by atoms with van der Waals surface area (Å²) in [5.74, 6) is 0. The molecule has 0 spiro atoms. The molecule has 6 nitrogen and oxygen atoms in total. The SMILES string of the molecule is [3H][C@@](O)([C@H](O)C=O)[C@]([3H])(O)[C@H](O)CO. The molecule has 0 heterocycles. The summed E-state index contributed by atoms with van der Waals surface area (Å²) in [6.45, 7) is -1.10. The molecular formula is C6H12O6. The Morgan fingerprint density at radius 2 is 1.75 bits per heavy atom. The van der Waals surface area contributed by atoms with Crippen LogP contribution >= 0.6 is 0 Å². The first kappa shape index (κ1) is 8.09. The second-order valence-electron chi connectivity index (χ2n) is 2.05. The Morgan fingerprint density at radius 1 is 1.25 bits per heavy atom. The highest BCUT2D eigenvalue weighted by Gasteiger charge is 2.29. The number of aliphatic hydroxyl groups is 5. The van der Waals surface area contributed by atoms with Crippen molar-refractivity contribution in [1.29, 1.82) is 0 Å². The summed E-state index contributed by atoms with van der Waals surface area (Å²) in [6.07, 6.45) is -11.4. The van der Waals surface area contributed by atoms with Crippen molar-refractivity contribution in [3.05, 3.63) is 0 Å². The largest absolute Gasteiger partial charge is 0.394 e. The van der Waals surface area contributed by atoms with Gasteiger partial charge in [-0.05, 0) is 0 Å². The maximum atomic E-state index is 10.0. The molecular weight excluding hydrogens is 168 g/mol. The van der Waals surface area contributed by atoms with Gasteiger partial charge in [0.15, 0.2) is 6.29 Å². The zero-order valence-corrected chi connectivity index (χ0v) is 6.08. The molecule has 0 rings (SSSR count). The van der Waals surface area contributed by atoms with E-state index in [1.165, 1.54) is 0 Å². The van der Waals surface area contributed by atoms with Gasteiger partial charge in [0.2, 0.25) is 0 Å². The van der Waals surface area contributed by atoms with Crippen molar-refractivity contribution in [3.63, 3.8) is 0 Å². The van der Waals surface area contributed by atoms with Gasteiger partial charge in [0, 0.05) is 0 Å². The first-order valence-corrected chi connectivity index (χ1v) is 3.08. The molecule has 0 aliphatic carbocycles. The Labute approximate surface area is 71.5 Å². The molecule has 5 N–H and O–H groups in total. The summed E-state index contributed by atoms with van der Waals surface area (Å²) in [4.78, 5) is 10.0. The Bertz CT molecular complexity index is 206. The van der Waals surface area contributed by atoms with Crippen molar-refractivity contribution in [3.8, 4) is 0 Å². The van der Waals surface area contributed by atoms with Gasteiger partial charge in [-0.2, -0.15) is 0 Å². The molecule has 0 aliphatic heterocycles. The highest BCUT2D eigenvalue weighted by atomic mass is 16.4. The van der Waals surface area contributed by atoms with Crippen LogP contribution in [0, 0.1) is 0 Å². The van der Waals surface area contributed by atoms with Crippen molar-refractivity contribution in [2.45, 2.75) is 24.4 Å². The highest BCUT2D eigenvalue weighted by molar-refractivity contribution is 5.56. The third-order valence-corrected chi connectivity index (χ3v) is 1.16. The molecule has 0 saturated heterocycles. The van der Waals surface area contributed by atoms with E-state index in [0.29, 0.717) is 0 Å². The Balaban J connectivity index is 4.94.